The second-order valence-corrected chi connectivity index (χ2v) is 14.7. The van der Waals surface area contributed by atoms with Gasteiger partial charge in [-0.25, -0.2) is 0 Å². The molecule has 0 saturated carbocycles. The van der Waals surface area contributed by atoms with Crippen LogP contribution in [-0.2, 0) is 28.4 Å². The highest BCUT2D eigenvalue weighted by Crippen LogP contribution is 2.37. The van der Waals surface area contributed by atoms with Crippen molar-refractivity contribution < 1.29 is 84.6 Å². The van der Waals surface area contributed by atoms with Crippen molar-refractivity contribution in [1.29, 1.82) is 0 Å². The molecule has 16 atom stereocenters. The highest BCUT2D eigenvalue weighted by Gasteiger charge is 2.51. The van der Waals surface area contributed by atoms with Crippen LogP contribution in [0.4, 0.5) is 0 Å². The van der Waals surface area contributed by atoms with Gasteiger partial charge >= 0.3 is 0 Å². The molecule has 3 saturated heterocycles. The first-order valence-corrected chi connectivity index (χ1v) is 19.0. The van der Waals surface area contributed by atoms with Crippen molar-refractivity contribution >= 4 is 0 Å². The largest absolute Gasteiger partial charge is 0.394 e. The lowest BCUT2D eigenvalue weighted by Gasteiger charge is -2.46. The predicted octanol–water partition coefficient (Wildman–Crippen LogP) is -1.85. The fourth-order valence-electron chi connectivity index (χ4n) is 7.06. The first-order chi connectivity index (χ1) is 24.9. The van der Waals surface area contributed by atoms with Gasteiger partial charge in [0.25, 0.3) is 0 Å². The van der Waals surface area contributed by atoms with Crippen molar-refractivity contribution in [1.82, 2.24) is 0 Å². The minimum Gasteiger partial charge on any atom is -0.394 e. The monoisotopic (exact) mass is 758 g/mol. The first-order valence-electron chi connectivity index (χ1n) is 19.0. The quantitative estimate of drug-likeness (QED) is 0.0511. The topological polar surface area (TPSA) is 278 Å². The third-order valence-electron chi connectivity index (χ3n) is 10.5. The zero-order valence-corrected chi connectivity index (χ0v) is 30.5. The molecular formula is C35H66O17. The molecule has 52 heavy (non-hydrogen) atoms. The van der Waals surface area contributed by atoms with Gasteiger partial charge in [-0.15, -0.1) is 0 Å². The van der Waals surface area contributed by atoms with E-state index in [2.05, 4.69) is 6.92 Å². The Kier molecular flexibility index (Phi) is 20.0. The standard InChI is InChI=1S/C35H66O17/c1-3-5-7-8-9-10-11-12-14-35(13-6-4-2,18-47-32-28(44)25(41)23(39)20(15-36)49-32)19-48-33-30(46)27(43)31(22(17-38)51-33)52-34-29(45)26(42)24(40)21(16-37)50-34/h20-34,36-46H,3-19H2,1-2H3/t20-,21-,22-,23-,24-,25+,26+,27-,28-,29-,30-,31-,32-,33-,34-,35+/m1/s1. The smallest absolute Gasteiger partial charge is 0.187 e. The molecule has 0 bridgehead atoms. The summed E-state index contributed by atoms with van der Waals surface area (Å²) in [4.78, 5) is 0. The minimum absolute atomic E-state index is 0.0379. The Morgan fingerprint density at radius 2 is 0.846 bits per heavy atom. The molecule has 3 aliphatic rings. The molecule has 3 rings (SSSR count). The maximum absolute atomic E-state index is 11.1. The van der Waals surface area contributed by atoms with Crippen molar-refractivity contribution in [3.63, 3.8) is 0 Å². The number of aliphatic hydroxyl groups excluding tert-OH is 11. The molecule has 0 aromatic carbocycles. The van der Waals surface area contributed by atoms with Crippen LogP contribution in [0.2, 0.25) is 0 Å². The molecule has 0 radical (unpaired) electrons. The Hall–Kier alpha value is -0.680. The van der Waals surface area contributed by atoms with Crippen LogP contribution in [0.25, 0.3) is 0 Å². The van der Waals surface area contributed by atoms with Gasteiger partial charge in [-0.2, -0.15) is 0 Å². The Balaban J connectivity index is 1.74. The number of aliphatic hydroxyl groups is 11. The number of ether oxygens (including phenoxy) is 6. The summed E-state index contributed by atoms with van der Waals surface area (Å²) in [5, 5.41) is 114. The lowest BCUT2D eigenvalue weighted by molar-refractivity contribution is -0.361. The van der Waals surface area contributed by atoms with Crippen molar-refractivity contribution in [2.24, 2.45) is 5.41 Å². The lowest BCUT2D eigenvalue weighted by Crippen LogP contribution is -2.64. The summed E-state index contributed by atoms with van der Waals surface area (Å²) in [5.41, 5.74) is -0.747. The zero-order chi connectivity index (χ0) is 38.4. The summed E-state index contributed by atoms with van der Waals surface area (Å²) < 4.78 is 34.7. The summed E-state index contributed by atoms with van der Waals surface area (Å²) >= 11 is 0. The van der Waals surface area contributed by atoms with Gasteiger partial charge in [0.05, 0.1) is 33.0 Å². The SMILES string of the molecule is CCCCCCCCCC[C@@](CCCC)(CO[C@@H]1O[C@H](CO)[C@@H](O)[C@H](O)[C@H]1O)CO[C@@H]1O[C@H](CO)[C@@H](O[C@H]2O[C@H](CO)[C@@H](O)[C@H](O)[C@H]2O)[C@H](O)[C@H]1O. The normalized spacial score (nSPS) is 39.8. The van der Waals surface area contributed by atoms with Crippen LogP contribution in [-0.4, -0.2) is 181 Å². The Bertz CT molecular complexity index is 960. The average molecular weight is 759 g/mol. The van der Waals surface area contributed by atoms with Crippen molar-refractivity contribution in [3.05, 3.63) is 0 Å². The summed E-state index contributed by atoms with van der Waals surface area (Å²) in [5.74, 6) is 0. The first kappa shape index (κ1) is 45.7. The van der Waals surface area contributed by atoms with Crippen molar-refractivity contribution in [3.8, 4) is 0 Å². The maximum atomic E-state index is 11.1. The van der Waals surface area contributed by atoms with Gasteiger partial charge in [0.1, 0.15) is 73.2 Å². The summed E-state index contributed by atoms with van der Waals surface area (Å²) in [6.07, 6.45) is -11.8. The van der Waals surface area contributed by atoms with Crippen LogP contribution in [0.1, 0.15) is 90.9 Å². The fourth-order valence-corrected chi connectivity index (χ4v) is 7.06. The Labute approximate surface area is 306 Å². The molecule has 3 heterocycles. The van der Waals surface area contributed by atoms with Gasteiger partial charge in [-0.05, 0) is 12.8 Å². The molecule has 0 unspecified atom stereocenters. The van der Waals surface area contributed by atoms with Crippen LogP contribution in [0.5, 0.6) is 0 Å². The van der Waals surface area contributed by atoms with E-state index in [0.29, 0.717) is 12.8 Å². The molecule has 17 heteroatoms. The summed E-state index contributed by atoms with van der Waals surface area (Å²) in [7, 11) is 0. The van der Waals surface area contributed by atoms with Crippen molar-refractivity contribution in [2.75, 3.05) is 33.0 Å². The molecule has 0 amide bonds. The van der Waals surface area contributed by atoms with Gasteiger partial charge in [0.2, 0.25) is 0 Å². The van der Waals surface area contributed by atoms with Crippen LogP contribution in [0, 0.1) is 5.41 Å². The van der Waals surface area contributed by atoms with Crippen LogP contribution in [0.3, 0.4) is 0 Å². The Morgan fingerprint density at radius 3 is 1.35 bits per heavy atom. The molecule has 0 aromatic rings. The van der Waals surface area contributed by atoms with Gasteiger partial charge in [-0.3, -0.25) is 0 Å². The Morgan fingerprint density at radius 1 is 0.442 bits per heavy atom. The molecular weight excluding hydrogens is 692 g/mol. The molecule has 3 fully saturated rings. The van der Waals surface area contributed by atoms with Crippen molar-refractivity contribution in [2.45, 2.75) is 183 Å². The second kappa shape index (κ2) is 22.8. The van der Waals surface area contributed by atoms with Crippen LogP contribution >= 0.6 is 0 Å². The average Bonchev–Trinajstić information content (AvgIpc) is 3.15. The van der Waals surface area contributed by atoms with E-state index in [4.69, 9.17) is 28.4 Å². The van der Waals surface area contributed by atoms with E-state index in [-0.39, 0.29) is 13.2 Å². The number of rotatable bonds is 23. The summed E-state index contributed by atoms with van der Waals surface area (Å²) in [6, 6.07) is 0. The molecule has 0 aromatic heterocycles. The zero-order valence-electron chi connectivity index (χ0n) is 30.5. The van der Waals surface area contributed by atoms with Gasteiger partial charge < -0.3 is 84.6 Å². The number of hydrogen-bond acceptors (Lipinski definition) is 17. The number of hydrogen-bond donors (Lipinski definition) is 11. The third kappa shape index (κ3) is 12.2. The van der Waals surface area contributed by atoms with Gasteiger partial charge in [-0.1, -0.05) is 78.1 Å². The molecule has 17 nitrogen and oxygen atoms in total. The van der Waals surface area contributed by atoms with Crippen LogP contribution in [0.15, 0.2) is 0 Å². The molecule has 0 aliphatic carbocycles. The second-order valence-electron chi connectivity index (χ2n) is 14.7. The van der Waals surface area contributed by atoms with Crippen LogP contribution < -0.4 is 0 Å². The van der Waals surface area contributed by atoms with E-state index in [9.17, 15) is 56.2 Å². The minimum atomic E-state index is -1.80. The molecule has 3 aliphatic heterocycles. The molecule has 308 valence electrons. The van der Waals surface area contributed by atoms with E-state index in [0.717, 1.165) is 51.4 Å². The van der Waals surface area contributed by atoms with E-state index < -0.39 is 117 Å². The highest BCUT2D eigenvalue weighted by atomic mass is 16.7. The van der Waals surface area contributed by atoms with E-state index in [1.807, 2.05) is 6.92 Å². The number of unbranched alkanes of at least 4 members (excludes halogenated alkanes) is 8. The van der Waals surface area contributed by atoms with E-state index in [1.54, 1.807) is 0 Å². The summed E-state index contributed by atoms with van der Waals surface area (Å²) in [6.45, 7) is 2.05. The molecule has 0 spiro atoms. The highest BCUT2D eigenvalue weighted by molar-refractivity contribution is 4.95. The lowest BCUT2D eigenvalue weighted by atomic mass is 9.79. The predicted molar refractivity (Wildman–Crippen MR) is 181 cm³/mol. The third-order valence-corrected chi connectivity index (χ3v) is 10.5. The van der Waals surface area contributed by atoms with E-state index in [1.165, 1.54) is 12.8 Å². The molecule has 11 N–H and O–H groups in total. The maximum Gasteiger partial charge on any atom is 0.187 e. The van der Waals surface area contributed by atoms with Gasteiger partial charge in [0, 0.05) is 5.41 Å². The van der Waals surface area contributed by atoms with E-state index >= 15 is 0 Å². The fraction of sp³-hybridized carbons (Fsp3) is 1.00. The van der Waals surface area contributed by atoms with Gasteiger partial charge in [0.15, 0.2) is 18.9 Å².